The molecule has 2 saturated heterocycles. The van der Waals surface area contributed by atoms with Crippen LogP contribution in [0, 0.1) is 29.6 Å². The lowest BCUT2D eigenvalue weighted by Gasteiger charge is -2.19. The predicted octanol–water partition coefficient (Wildman–Crippen LogP) is 3.83. The molecule has 8 heteroatoms. The van der Waals surface area contributed by atoms with Crippen LogP contribution in [0.1, 0.15) is 25.7 Å². The van der Waals surface area contributed by atoms with Crippen molar-refractivity contribution in [1.82, 2.24) is 0 Å². The highest BCUT2D eigenvalue weighted by molar-refractivity contribution is 6.34. The van der Waals surface area contributed by atoms with E-state index >= 15 is 0 Å². The molecule has 4 aliphatic rings. The molecule has 3 amide bonds. The number of nitrogens with zero attached hydrogens (tertiary/aromatic N) is 2. The summed E-state index contributed by atoms with van der Waals surface area (Å²) in [7, 11) is 0. The molecular weight excluding hydrogens is 456 g/mol. The van der Waals surface area contributed by atoms with Gasteiger partial charge in [-0.25, -0.2) is 0 Å². The van der Waals surface area contributed by atoms with E-state index in [1.54, 1.807) is 48.5 Å². The van der Waals surface area contributed by atoms with Gasteiger partial charge < -0.3 is 9.64 Å². The zero-order valence-corrected chi connectivity index (χ0v) is 19.1. The van der Waals surface area contributed by atoms with Gasteiger partial charge in [-0.15, -0.1) is 0 Å². The van der Waals surface area contributed by atoms with Crippen LogP contribution in [-0.2, 0) is 19.2 Å². The number of esters is 1. The van der Waals surface area contributed by atoms with Gasteiger partial charge in [0.2, 0.25) is 17.7 Å². The summed E-state index contributed by atoms with van der Waals surface area (Å²) in [4.78, 5) is 54.0. The molecule has 4 fully saturated rings. The first kappa shape index (κ1) is 21.4. The smallest absolute Gasteiger partial charge is 0.316 e. The molecule has 6 rings (SSSR count). The van der Waals surface area contributed by atoms with E-state index in [9.17, 15) is 19.2 Å². The molecule has 0 unspecified atom stereocenters. The molecule has 7 nitrogen and oxygen atoms in total. The minimum Gasteiger partial charge on any atom is -0.426 e. The van der Waals surface area contributed by atoms with Crippen molar-refractivity contribution in [2.45, 2.75) is 25.7 Å². The third-order valence-corrected chi connectivity index (χ3v) is 8.16. The summed E-state index contributed by atoms with van der Waals surface area (Å²) >= 11 is 6.20. The lowest BCUT2D eigenvalue weighted by molar-refractivity contribution is -0.139. The fraction of sp³-hybridized carbons (Fsp3) is 0.385. The largest absolute Gasteiger partial charge is 0.426 e. The van der Waals surface area contributed by atoms with E-state index < -0.39 is 11.9 Å². The Bertz CT molecular complexity index is 1180. The number of carbonyl (C=O) groups excluding carboxylic acids is 4. The molecule has 2 heterocycles. The Balaban J connectivity index is 1.13. The number of para-hydroxylation sites is 1. The van der Waals surface area contributed by atoms with E-state index in [0.717, 1.165) is 19.3 Å². The predicted molar refractivity (Wildman–Crippen MR) is 124 cm³/mol. The number of halogens is 1. The maximum absolute atomic E-state index is 13.0. The van der Waals surface area contributed by atoms with Gasteiger partial charge >= 0.3 is 5.97 Å². The zero-order valence-electron chi connectivity index (χ0n) is 18.4. The first-order valence-corrected chi connectivity index (χ1v) is 12.0. The molecule has 2 aromatic rings. The molecule has 0 aromatic heterocycles. The van der Waals surface area contributed by atoms with Crippen molar-refractivity contribution in [2.75, 3.05) is 16.3 Å². The summed E-state index contributed by atoms with van der Waals surface area (Å²) in [6, 6.07) is 13.4. The number of hydrogen-bond donors (Lipinski definition) is 0. The molecule has 0 radical (unpaired) electrons. The molecule has 2 aliphatic carbocycles. The Morgan fingerprint density at radius 3 is 2.21 bits per heavy atom. The summed E-state index contributed by atoms with van der Waals surface area (Å²) in [5, 5.41) is 0.448. The highest BCUT2D eigenvalue weighted by Crippen LogP contribution is 2.56. The molecule has 5 atom stereocenters. The summed E-state index contributed by atoms with van der Waals surface area (Å²) in [6.45, 7) is 0.196. The van der Waals surface area contributed by atoms with Crippen molar-refractivity contribution >= 4 is 46.7 Å². The normalized spacial score (nSPS) is 29.8. The van der Waals surface area contributed by atoms with E-state index in [4.69, 9.17) is 16.3 Å². The lowest BCUT2D eigenvalue weighted by atomic mass is 9.81. The molecular formula is C26H23ClN2O5. The number of fused-ring (bicyclic) bond motifs is 5. The van der Waals surface area contributed by atoms with Crippen LogP contribution in [0.25, 0.3) is 0 Å². The molecule has 0 N–H and O–H groups in total. The van der Waals surface area contributed by atoms with Crippen LogP contribution >= 0.6 is 11.6 Å². The molecule has 174 valence electrons. The van der Waals surface area contributed by atoms with Gasteiger partial charge in [-0.3, -0.25) is 24.1 Å². The van der Waals surface area contributed by atoms with Crippen LogP contribution in [0.4, 0.5) is 11.4 Å². The number of hydrogen-bond acceptors (Lipinski definition) is 5. The average molecular weight is 479 g/mol. The third-order valence-electron chi connectivity index (χ3n) is 7.84. The molecule has 0 spiro atoms. The van der Waals surface area contributed by atoms with Crippen LogP contribution in [-0.4, -0.2) is 30.2 Å². The van der Waals surface area contributed by atoms with Crippen molar-refractivity contribution in [2.24, 2.45) is 29.6 Å². The Labute approximate surface area is 201 Å². The zero-order chi connectivity index (χ0) is 23.6. The summed E-state index contributed by atoms with van der Waals surface area (Å²) in [6.07, 6.45) is 3.10. The van der Waals surface area contributed by atoms with Gasteiger partial charge in [0.1, 0.15) is 5.75 Å². The van der Waals surface area contributed by atoms with E-state index in [1.807, 2.05) is 0 Å². The second-order valence-corrected chi connectivity index (χ2v) is 10.1. The quantitative estimate of drug-likeness (QED) is 0.379. The second-order valence-electron chi connectivity index (χ2n) is 9.67. The van der Waals surface area contributed by atoms with Crippen molar-refractivity contribution in [1.29, 1.82) is 0 Å². The number of anilines is 2. The average Bonchev–Trinajstić information content (AvgIpc) is 3.59. The fourth-order valence-corrected chi connectivity index (χ4v) is 6.53. The third kappa shape index (κ3) is 3.25. The van der Waals surface area contributed by atoms with Crippen LogP contribution in [0.5, 0.6) is 5.75 Å². The monoisotopic (exact) mass is 478 g/mol. The van der Waals surface area contributed by atoms with Gasteiger partial charge in [0.05, 0.1) is 34.2 Å². The van der Waals surface area contributed by atoms with Crippen molar-refractivity contribution < 1.29 is 23.9 Å². The van der Waals surface area contributed by atoms with Gasteiger partial charge in [-0.1, -0.05) is 23.7 Å². The van der Waals surface area contributed by atoms with Crippen LogP contribution in [0.2, 0.25) is 5.02 Å². The van der Waals surface area contributed by atoms with Crippen LogP contribution in [0.3, 0.4) is 0 Å². The Morgan fingerprint density at radius 2 is 1.56 bits per heavy atom. The highest BCUT2D eigenvalue weighted by Gasteiger charge is 2.61. The van der Waals surface area contributed by atoms with Crippen molar-refractivity contribution in [3.05, 3.63) is 53.6 Å². The molecule has 2 aliphatic heterocycles. The van der Waals surface area contributed by atoms with Gasteiger partial charge in [0.25, 0.3) is 0 Å². The number of carbonyl (C=O) groups is 4. The van der Waals surface area contributed by atoms with Gasteiger partial charge in [0.15, 0.2) is 0 Å². The van der Waals surface area contributed by atoms with E-state index in [0.29, 0.717) is 34.0 Å². The van der Waals surface area contributed by atoms with Crippen LogP contribution in [0.15, 0.2) is 48.5 Å². The molecule has 2 bridgehead atoms. The summed E-state index contributed by atoms with van der Waals surface area (Å²) < 4.78 is 5.51. The molecule has 2 saturated carbocycles. The van der Waals surface area contributed by atoms with E-state index in [-0.39, 0.29) is 42.5 Å². The topological polar surface area (TPSA) is 84.0 Å². The minimum atomic E-state index is -0.611. The Kier molecular flexibility index (Phi) is 4.99. The Hall–Kier alpha value is -3.19. The summed E-state index contributed by atoms with van der Waals surface area (Å²) in [5.74, 6) is -0.892. The minimum absolute atomic E-state index is 0.0457. The first-order valence-electron chi connectivity index (χ1n) is 11.7. The summed E-state index contributed by atoms with van der Waals surface area (Å²) in [5.41, 5.74) is 1.08. The van der Waals surface area contributed by atoms with Gasteiger partial charge in [-0.2, -0.15) is 0 Å². The number of imide groups is 1. The lowest BCUT2D eigenvalue weighted by Crippen LogP contribution is -2.32. The second kappa shape index (κ2) is 7.94. The number of ether oxygens (including phenoxy) is 1. The fourth-order valence-electron chi connectivity index (χ4n) is 6.29. The maximum Gasteiger partial charge on any atom is 0.316 e. The number of benzene rings is 2. The van der Waals surface area contributed by atoms with Gasteiger partial charge in [0, 0.05) is 13.0 Å². The van der Waals surface area contributed by atoms with Crippen molar-refractivity contribution in [3.8, 4) is 5.75 Å². The standard InChI is InChI=1S/C26H23ClN2O5/c27-19-3-1-2-4-20(19)28-13-16(12-21(28)30)26(33)34-18-9-7-17(8-10-18)29-24(31)22-14-5-6-15(11-14)23(22)25(29)32/h1-4,7-10,14-16,22-23H,5-6,11-13H2/t14-,15-,16-,22-,23+/m0/s1. The van der Waals surface area contributed by atoms with E-state index in [2.05, 4.69) is 0 Å². The number of amides is 3. The van der Waals surface area contributed by atoms with E-state index in [1.165, 1.54) is 9.80 Å². The van der Waals surface area contributed by atoms with Crippen molar-refractivity contribution in [3.63, 3.8) is 0 Å². The van der Waals surface area contributed by atoms with Crippen LogP contribution < -0.4 is 14.5 Å². The first-order chi connectivity index (χ1) is 16.4. The number of rotatable bonds is 4. The Morgan fingerprint density at radius 1 is 0.912 bits per heavy atom. The molecule has 2 aromatic carbocycles. The van der Waals surface area contributed by atoms with Gasteiger partial charge in [-0.05, 0) is 67.5 Å². The maximum atomic E-state index is 13.0. The molecule has 34 heavy (non-hydrogen) atoms. The SMILES string of the molecule is O=C(Oc1ccc(N2C(=O)[C@@H]3[C@H]4CC[C@@H](C4)[C@@H]3C2=O)cc1)[C@H]1CC(=O)N(c2ccccc2Cl)C1. The highest BCUT2D eigenvalue weighted by atomic mass is 35.5.